The molecule has 0 atom stereocenters. The molecule has 10 nitrogen and oxygen atoms in total. The van der Waals surface area contributed by atoms with Gasteiger partial charge in [0, 0.05) is 60.8 Å². The first-order valence-electron chi connectivity index (χ1n) is 16.9. The Labute approximate surface area is 296 Å². The second-order valence-electron chi connectivity index (χ2n) is 14.2. The number of rotatable bonds is 13. The number of benzene rings is 3. The largest absolute Gasteiger partial charge is 0.372 e. The van der Waals surface area contributed by atoms with Crippen LogP contribution in [0.2, 0.25) is 0 Å². The number of nitrogens with zero attached hydrogens (tertiary/aromatic N) is 8. The van der Waals surface area contributed by atoms with Gasteiger partial charge in [0.15, 0.2) is 0 Å². The van der Waals surface area contributed by atoms with Crippen molar-refractivity contribution in [3.8, 4) is 0 Å². The lowest BCUT2D eigenvalue weighted by Crippen LogP contribution is -2.27. The number of thiazole rings is 1. The summed E-state index contributed by atoms with van der Waals surface area (Å²) in [6.07, 6.45) is 4.12. The summed E-state index contributed by atoms with van der Waals surface area (Å²) < 4.78 is 0. The lowest BCUT2D eigenvalue weighted by atomic mass is 9.92. The maximum atomic E-state index is 10.7. The molecule has 0 fully saturated rings. The molecule has 0 spiro atoms. The van der Waals surface area contributed by atoms with Gasteiger partial charge in [0.25, 0.3) is 5.69 Å². The summed E-state index contributed by atoms with van der Waals surface area (Å²) in [6.45, 7) is 24.0. The number of nitro benzene ring substituents is 1. The van der Waals surface area contributed by atoms with Crippen LogP contribution in [0, 0.1) is 27.9 Å². The van der Waals surface area contributed by atoms with E-state index in [9.17, 15) is 10.1 Å². The zero-order chi connectivity index (χ0) is 36.0. The molecule has 11 heteroatoms. The molecule has 0 radical (unpaired) electrons. The van der Waals surface area contributed by atoms with Crippen molar-refractivity contribution < 1.29 is 4.92 Å². The van der Waals surface area contributed by atoms with Gasteiger partial charge >= 0.3 is 0 Å². The van der Waals surface area contributed by atoms with Crippen molar-refractivity contribution in [2.24, 2.45) is 31.3 Å². The lowest BCUT2D eigenvalue weighted by Gasteiger charge is -2.27. The summed E-state index contributed by atoms with van der Waals surface area (Å²) in [5.74, 6) is 0. The Morgan fingerprint density at radius 3 is 1.39 bits per heavy atom. The number of aryl methyl sites for hydroxylation is 1. The van der Waals surface area contributed by atoms with E-state index in [1.54, 1.807) is 23.5 Å². The minimum atomic E-state index is -0.432. The van der Waals surface area contributed by atoms with Crippen LogP contribution in [0.15, 0.2) is 99.5 Å². The van der Waals surface area contributed by atoms with Crippen molar-refractivity contribution in [3.05, 3.63) is 94.0 Å². The summed E-state index contributed by atoms with van der Waals surface area (Å²) in [5.41, 5.74) is 5.31. The molecule has 4 rings (SSSR count). The van der Waals surface area contributed by atoms with Gasteiger partial charge in [-0.3, -0.25) is 10.1 Å². The van der Waals surface area contributed by atoms with Gasteiger partial charge < -0.3 is 9.80 Å². The van der Waals surface area contributed by atoms with Crippen molar-refractivity contribution in [1.82, 2.24) is 4.98 Å². The van der Waals surface area contributed by atoms with Crippen molar-refractivity contribution >= 4 is 50.6 Å². The van der Waals surface area contributed by atoms with Gasteiger partial charge in [0.05, 0.1) is 22.0 Å². The predicted molar refractivity (Wildman–Crippen MR) is 205 cm³/mol. The molecule has 0 aliphatic carbocycles. The van der Waals surface area contributed by atoms with E-state index >= 15 is 0 Å². The van der Waals surface area contributed by atoms with Crippen molar-refractivity contribution in [2.45, 2.75) is 75.2 Å². The zero-order valence-electron chi connectivity index (χ0n) is 30.6. The molecule has 0 saturated heterocycles. The van der Waals surface area contributed by atoms with Gasteiger partial charge in [-0.25, -0.2) is 4.98 Å². The van der Waals surface area contributed by atoms with E-state index in [4.69, 9.17) is 0 Å². The molecular weight excluding hydrogens is 633 g/mol. The van der Waals surface area contributed by atoms with Gasteiger partial charge in [0.1, 0.15) is 0 Å². The monoisotopic (exact) mass is 684 g/mol. The molecule has 0 N–H and O–H groups in total. The minimum Gasteiger partial charge on any atom is -0.372 e. The first-order chi connectivity index (χ1) is 23.2. The third-order valence-corrected chi connectivity index (χ3v) is 8.46. The number of azo groups is 2. The van der Waals surface area contributed by atoms with Crippen LogP contribution in [0.5, 0.6) is 0 Å². The summed E-state index contributed by atoms with van der Waals surface area (Å²) in [6, 6.07) is 22.3. The van der Waals surface area contributed by atoms with Crippen LogP contribution in [0.3, 0.4) is 0 Å². The van der Waals surface area contributed by atoms with Crippen LogP contribution in [0.1, 0.15) is 73.1 Å². The van der Waals surface area contributed by atoms with Crippen molar-refractivity contribution in [3.63, 3.8) is 0 Å². The average molecular weight is 685 g/mol. The maximum absolute atomic E-state index is 10.7. The molecule has 4 aromatic rings. The van der Waals surface area contributed by atoms with Gasteiger partial charge in [-0.15, -0.1) is 10.2 Å². The fourth-order valence-corrected chi connectivity index (χ4v) is 5.17. The second kappa shape index (κ2) is 18.3. The summed E-state index contributed by atoms with van der Waals surface area (Å²) >= 11 is 1.55. The molecule has 0 amide bonds. The summed E-state index contributed by atoms with van der Waals surface area (Å²) in [4.78, 5) is 20.3. The van der Waals surface area contributed by atoms with E-state index in [1.807, 2.05) is 37.4 Å². The number of hydrogen-bond acceptors (Lipinski definition) is 10. The highest BCUT2D eigenvalue weighted by molar-refractivity contribution is 7.15. The number of nitro groups is 1. The Balaban J connectivity index is 0.000000267. The van der Waals surface area contributed by atoms with Gasteiger partial charge in [-0.1, -0.05) is 52.9 Å². The molecule has 0 bridgehead atoms. The fourth-order valence-electron chi connectivity index (χ4n) is 4.59. The number of hydrogen-bond donors (Lipinski definition) is 0. The Morgan fingerprint density at radius 2 is 1.06 bits per heavy atom. The van der Waals surface area contributed by atoms with Crippen LogP contribution in [0.25, 0.3) is 0 Å². The molecule has 1 aromatic heterocycles. The smallest absolute Gasteiger partial charge is 0.269 e. The quantitative estimate of drug-likeness (QED) is 0.0790. The summed E-state index contributed by atoms with van der Waals surface area (Å²) in [7, 11) is 0. The Hall–Kier alpha value is -4.51. The molecular formula is C38H52N8O2S. The molecule has 0 aliphatic rings. The number of non-ortho nitro benzene ring substituents is 1. The van der Waals surface area contributed by atoms with E-state index in [1.165, 1.54) is 29.9 Å². The maximum Gasteiger partial charge on any atom is 0.269 e. The lowest BCUT2D eigenvalue weighted by molar-refractivity contribution is -0.384. The van der Waals surface area contributed by atoms with Crippen molar-refractivity contribution in [1.29, 1.82) is 0 Å². The fraction of sp³-hybridized carbons (Fsp3) is 0.447. The first-order valence-corrected chi connectivity index (χ1v) is 17.7. The average Bonchev–Trinajstić information content (AvgIpc) is 3.48. The van der Waals surface area contributed by atoms with E-state index < -0.39 is 4.92 Å². The normalized spacial score (nSPS) is 11.9. The van der Waals surface area contributed by atoms with Crippen LogP contribution >= 0.6 is 11.3 Å². The van der Waals surface area contributed by atoms with Crippen LogP contribution in [-0.2, 0) is 0 Å². The van der Waals surface area contributed by atoms with Gasteiger partial charge in [-0.2, -0.15) is 10.2 Å². The molecule has 49 heavy (non-hydrogen) atoms. The number of aromatic nitrogens is 1. The highest BCUT2D eigenvalue weighted by Gasteiger charge is 2.14. The van der Waals surface area contributed by atoms with Crippen LogP contribution in [-0.4, -0.2) is 36.1 Å². The molecule has 3 aromatic carbocycles. The van der Waals surface area contributed by atoms with Crippen LogP contribution < -0.4 is 9.80 Å². The highest BCUT2D eigenvalue weighted by Crippen LogP contribution is 2.28. The minimum absolute atomic E-state index is 0.0446. The Bertz CT molecular complexity index is 1640. The van der Waals surface area contributed by atoms with E-state index in [-0.39, 0.29) is 5.69 Å². The Morgan fingerprint density at radius 1 is 0.673 bits per heavy atom. The first kappa shape index (κ1) is 38.9. The zero-order valence-corrected chi connectivity index (χ0v) is 31.4. The van der Waals surface area contributed by atoms with Crippen molar-refractivity contribution in [2.75, 3.05) is 36.0 Å². The summed E-state index contributed by atoms with van der Waals surface area (Å²) in [5, 5.41) is 28.1. The molecule has 1 heterocycles. The molecule has 0 saturated carbocycles. The molecule has 0 unspecified atom stereocenters. The SMILES string of the molecule is CCN(CCC(C)(C)C)c1ccc(N=Nc2ccc([N+](=O)[O-])cc2)cc1.CCN(CCC(C)(C)C)c1ccc(N=Nc2ncc(C)s2)cc1. The third-order valence-electron chi connectivity index (χ3n) is 7.66. The second-order valence-corrected chi connectivity index (χ2v) is 15.5. The topological polar surface area (TPSA) is 112 Å². The molecule has 262 valence electrons. The Kier molecular flexibility index (Phi) is 14.5. The predicted octanol–water partition coefficient (Wildman–Crippen LogP) is 12.4. The standard InChI is InChI=1S/C20H26N4O2.C18H26N4S/c1-5-23(15-14-20(2,3)4)18-10-6-16(7-11-18)21-22-17-8-12-19(13-9-17)24(25)26;1-6-22(12-11-18(3,4)5)16-9-7-15(8-10-16)20-21-17-19-13-14(2)23-17/h6-13H,5,14-15H2,1-4H3;7-10,13H,6,11-12H2,1-5H3. The van der Waals surface area contributed by atoms with Gasteiger partial charge in [0.2, 0.25) is 5.13 Å². The van der Waals surface area contributed by atoms with Crippen LogP contribution in [0.4, 0.5) is 39.3 Å². The van der Waals surface area contributed by atoms with E-state index in [0.29, 0.717) is 21.6 Å². The molecule has 0 aliphatic heterocycles. The van der Waals surface area contributed by atoms with E-state index in [0.717, 1.165) is 48.9 Å². The number of anilines is 2. The van der Waals surface area contributed by atoms with E-state index in [2.05, 4.69) is 115 Å². The van der Waals surface area contributed by atoms with Gasteiger partial charge in [-0.05, 0) is 105 Å². The third kappa shape index (κ3) is 14.2. The highest BCUT2D eigenvalue weighted by atomic mass is 32.1.